The summed E-state index contributed by atoms with van der Waals surface area (Å²) in [7, 11) is 1.68. The highest BCUT2D eigenvalue weighted by Crippen LogP contribution is 2.30. The van der Waals surface area contributed by atoms with Gasteiger partial charge in [-0.05, 0) is 48.7 Å². The molecule has 3 aromatic rings. The lowest BCUT2D eigenvalue weighted by atomic mass is 10.1. The van der Waals surface area contributed by atoms with Gasteiger partial charge in [0.15, 0.2) is 0 Å². The van der Waals surface area contributed by atoms with Gasteiger partial charge in [0.05, 0.1) is 7.11 Å². The fraction of sp³-hybridized carbons (Fsp3) is 0.316. The second-order valence-electron chi connectivity index (χ2n) is 6.08. The van der Waals surface area contributed by atoms with Crippen molar-refractivity contribution in [2.45, 2.75) is 20.3 Å². The zero-order valence-corrected chi connectivity index (χ0v) is 13.9. The van der Waals surface area contributed by atoms with Gasteiger partial charge in [0.25, 0.3) is 0 Å². The Hall–Kier alpha value is -2.49. The third kappa shape index (κ3) is 3.31. The molecule has 0 saturated carbocycles. The summed E-state index contributed by atoms with van der Waals surface area (Å²) in [6.45, 7) is 5.41. The number of fused-ring (bicyclic) bond motifs is 1. The summed E-state index contributed by atoms with van der Waals surface area (Å²) in [5, 5.41) is 3.56. The Morgan fingerprint density at radius 3 is 2.61 bits per heavy atom. The van der Waals surface area contributed by atoms with Crippen molar-refractivity contribution in [3.8, 4) is 17.0 Å². The Labute approximate surface area is 137 Å². The molecule has 3 rings (SSSR count). The largest absolute Gasteiger partial charge is 0.497 e. The van der Waals surface area contributed by atoms with Gasteiger partial charge in [-0.15, -0.1) is 0 Å². The van der Waals surface area contributed by atoms with Gasteiger partial charge < -0.3 is 10.1 Å². The van der Waals surface area contributed by atoms with E-state index in [2.05, 4.69) is 23.6 Å². The predicted molar refractivity (Wildman–Crippen MR) is 95.1 cm³/mol. The normalized spacial score (nSPS) is 11.1. The minimum absolute atomic E-state index is 0.672. The zero-order chi connectivity index (χ0) is 16.2. The van der Waals surface area contributed by atoms with Crippen LogP contribution in [0.4, 0.5) is 5.82 Å². The molecule has 1 N–H and O–H groups in total. The summed E-state index contributed by atoms with van der Waals surface area (Å²) in [6, 6.07) is 14.1. The first kappa shape index (κ1) is 15.4. The van der Waals surface area contributed by atoms with Gasteiger partial charge in [0.2, 0.25) is 0 Å². The van der Waals surface area contributed by atoms with E-state index in [9.17, 15) is 0 Å². The topological polar surface area (TPSA) is 38.6 Å². The Morgan fingerprint density at radius 2 is 1.91 bits per heavy atom. The van der Waals surface area contributed by atoms with Gasteiger partial charge in [-0.25, -0.2) is 4.98 Å². The molecule has 4 heteroatoms. The SMILES string of the molecule is COc1ccc(-c2nc3ccccn3c2NCCC(C)C)cc1. The number of anilines is 1. The fourth-order valence-corrected chi connectivity index (χ4v) is 2.59. The lowest BCUT2D eigenvalue weighted by Crippen LogP contribution is -2.07. The van der Waals surface area contributed by atoms with Gasteiger partial charge in [0.1, 0.15) is 22.9 Å². The first-order chi connectivity index (χ1) is 11.2. The minimum Gasteiger partial charge on any atom is -0.497 e. The van der Waals surface area contributed by atoms with E-state index in [1.165, 1.54) is 0 Å². The summed E-state index contributed by atoms with van der Waals surface area (Å²) in [5.41, 5.74) is 3.01. The maximum Gasteiger partial charge on any atom is 0.139 e. The molecule has 0 spiro atoms. The van der Waals surface area contributed by atoms with Crippen LogP contribution < -0.4 is 10.1 Å². The van der Waals surface area contributed by atoms with E-state index in [0.29, 0.717) is 5.92 Å². The average Bonchev–Trinajstić information content (AvgIpc) is 2.93. The maximum atomic E-state index is 5.24. The molecule has 120 valence electrons. The molecule has 0 radical (unpaired) electrons. The average molecular weight is 309 g/mol. The maximum absolute atomic E-state index is 5.24. The Bertz CT molecular complexity index is 775. The second-order valence-corrected chi connectivity index (χ2v) is 6.08. The van der Waals surface area contributed by atoms with E-state index in [0.717, 1.165) is 41.4 Å². The molecule has 0 aliphatic rings. The summed E-state index contributed by atoms with van der Waals surface area (Å²) in [5.74, 6) is 2.57. The monoisotopic (exact) mass is 309 g/mol. The number of nitrogens with zero attached hydrogens (tertiary/aromatic N) is 2. The third-order valence-electron chi connectivity index (χ3n) is 3.91. The molecule has 0 aliphatic carbocycles. The summed E-state index contributed by atoms with van der Waals surface area (Å²) >= 11 is 0. The summed E-state index contributed by atoms with van der Waals surface area (Å²) in [6.07, 6.45) is 3.18. The lowest BCUT2D eigenvalue weighted by molar-refractivity contribution is 0.415. The number of benzene rings is 1. The molecule has 0 atom stereocenters. The number of rotatable bonds is 6. The summed E-state index contributed by atoms with van der Waals surface area (Å²) in [4.78, 5) is 4.80. The Morgan fingerprint density at radius 1 is 1.13 bits per heavy atom. The molecule has 23 heavy (non-hydrogen) atoms. The van der Waals surface area contributed by atoms with Gasteiger partial charge in [-0.3, -0.25) is 4.40 Å². The van der Waals surface area contributed by atoms with Crippen molar-refractivity contribution in [3.63, 3.8) is 0 Å². The summed E-state index contributed by atoms with van der Waals surface area (Å²) < 4.78 is 7.36. The van der Waals surface area contributed by atoms with Crippen LogP contribution >= 0.6 is 0 Å². The van der Waals surface area contributed by atoms with Crippen LogP contribution in [0.2, 0.25) is 0 Å². The highest BCUT2D eigenvalue weighted by atomic mass is 16.5. The number of nitrogens with one attached hydrogen (secondary N) is 1. The van der Waals surface area contributed by atoms with E-state index in [4.69, 9.17) is 9.72 Å². The number of hydrogen-bond donors (Lipinski definition) is 1. The van der Waals surface area contributed by atoms with E-state index in [-0.39, 0.29) is 0 Å². The standard InChI is InChI=1S/C19H23N3O/c1-14(2)11-12-20-19-18(15-7-9-16(23-3)10-8-15)21-17-6-4-5-13-22(17)19/h4-10,13-14,20H,11-12H2,1-3H3. The number of methoxy groups -OCH3 is 1. The first-order valence-electron chi connectivity index (χ1n) is 8.04. The fourth-order valence-electron chi connectivity index (χ4n) is 2.59. The van der Waals surface area contributed by atoms with Crippen LogP contribution in [0.5, 0.6) is 5.75 Å². The van der Waals surface area contributed by atoms with Crippen LogP contribution in [0.1, 0.15) is 20.3 Å². The van der Waals surface area contributed by atoms with Gasteiger partial charge in [-0.1, -0.05) is 19.9 Å². The number of ether oxygens (including phenoxy) is 1. The molecule has 0 fully saturated rings. The smallest absolute Gasteiger partial charge is 0.139 e. The van der Waals surface area contributed by atoms with E-state index < -0.39 is 0 Å². The molecule has 4 nitrogen and oxygen atoms in total. The minimum atomic E-state index is 0.672. The molecule has 0 aliphatic heterocycles. The van der Waals surface area contributed by atoms with Gasteiger partial charge in [-0.2, -0.15) is 0 Å². The van der Waals surface area contributed by atoms with Crippen LogP contribution in [0.3, 0.4) is 0 Å². The van der Waals surface area contributed by atoms with Crippen molar-refractivity contribution in [2.24, 2.45) is 5.92 Å². The predicted octanol–water partition coefficient (Wildman–Crippen LogP) is 4.47. The second kappa shape index (κ2) is 6.73. The highest BCUT2D eigenvalue weighted by Gasteiger charge is 2.13. The van der Waals surface area contributed by atoms with Crippen molar-refractivity contribution in [3.05, 3.63) is 48.7 Å². The number of aromatic nitrogens is 2. The molecule has 1 aromatic carbocycles. The molecular weight excluding hydrogens is 286 g/mol. The number of imidazole rings is 1. The Kier molecular flexibility index (Phi) is 4.51. The molecule has 2 heterocycles. The molecule has 2 aromatic heterocycles. The van der Waals surface area contributed by atoms with Crippen LogP contribution in [0, 0.1) is 5.92 Å². The number of pyridine rings is 1. The molecule has 0 amide bonds. The van der Waals surface area contributed by atoms with Crippen molar-refractivity contribution in [1.29, 1.82) is 0 Å². The number of hydrogen-bond acceptors (Lipinski definition) is 3. The van der Waals surface area contributed by atoms with Crippen molar-refractivity contribution < 1.29 is 4.74 Å². The molecule has 0 unspecified atom stereocenters. The Balaban J connectivity index is 2.00. The van der Waals surface area contributed by atoms with Crippen molar-refractivity contribution in [2.75, 3.05) is 19.0 Å². The van der Waals surface area contributed by atoms with Crippen LogP contribution in [0.15, 0.2) is 48.7 Å². The lowest BCUT2D eigenvalue weighted by Gasteiger charge is -2.10. The molecule has 0 bridgehead atoms. The zero-order valence-electron chi connectivity index (χ0n) is 13.9. The van der Waals surface area contributed by atoms with E-state index in [1.807, 2.05) is 48.7 Å². The van der Waals surface area contributed by atoms with Crippen LogP contribution in [-0.4, -0.2) is 23.0 Å². The van der Waals surface area contributed by atoms with Crippen LogP contribution in [-0.2, 0) is 0 Å². The molecule has 0 saturated heterocycles. The van der Waals surface area contributed by atoms with Crippen molar-refractivity contribution in [1.82, 2.24) is 9.38 Å². The van der Waals surface area contributed by atoms with Gasteiger partial charge in [0, 0.05) is 18.3 Å². The van der Waals surface area contributed by atoms with Crippen LogP contribution in [0.25, 0.3) is 16.9 Å². The van der Waals surface area contributed by atoms with Gasteiger partial charge >= 0.3 is 0 Å². The quantitative estimate of drug-likeness (QED) is 0.730. The van der Waals surface area contributed by atoms with Crippen molar-refractivity contribution >= 4 is 11.5 Å². The first-order valence-corrected chi connectivity index (χ1v) is 8.04. The van der Waals surface area contributed by atoms with E-state index >= 15 is 0 Å². The third-order valence-corrected chi connectivity index (χ3v) is 3.91. The van der Waals surface area contributed by atoms with E-state index in [1.54, 1.807) is 7.11 Å². The molecular formula is C19H23N3O. The highest BCUT2D eigenvalue weighted by molar-refractivity contribution is 5.76.